The van der Waals surface area contributed by atoms with Crippen LogP contribution in [0.5, 0.6) is 0 Å². The van der Waals surface area contributed by atoms with Crippen molar-refractivity contribution in [2.24, 2.45) is 0 Å². The van der Waals surface area contributed by atoms with E-state index in [-0.39, 0.29) is 9.92 Å². The molecule has 0 spiro atoms. The number of rotatable bonds is 5. The molecule has 7 heteroatoms. The number of sulfonamides is 1. The Bertz CT molecular complexity index is 532. The average Bonchev–Trinajstić information content (AvgIpc) is 2.20. The van der Waals surface area contributed by atoms with Crippen LogP contribution in [0.4, 0.5) is 0 Å². The molecule has 0 aromatic heterocycles. The first kappa shape index (κ1) is 16.2. The van der Waals surface area contributed by atoms with Crippen molar-refractivity contribution in [2.75, 3.05) is 5.33 Å². The standard InChI is InChI=1S/C11H14BrCl2NO2S/c1-11(2,5-6-12)15-18(16,17)8-3-4-9(13)10(14)7-8/h3-4,7,15H,5-6H2,1-2H3. The predicted octanol–water partition coefficient (Wildman–Crippen LogP) is 3.84. The van der Waals surface area contributed by atoms with Gasteiger partial charge in [-0.15, -0.1) is 0 Å². The molecule has 1 N–H and O–H groups in total. The van der Waals surface area contributed by atoms with E-state index < -0.39 is 15.6 Å². The number of halogens is 3. The van der Waals surface area contributed by atoms with E-state index in [9.17, 15) is 8.42 Å². The Kier molecular flexibility index (Phi) is 5.50. The Morgan fingerprint density at radius 1 is 1.28 bits per heavy atom. The molecule has 1 aromatic carbocycles. The highest BCUT2D eigenvalue weighted by Crippen LogP contribution is 2.25. The molecule has 18 heavy (non-hydrogen) atoms. The first-order valence-electron chi connectivity index (χ1n) is 5.23. The van der Waals surface area contributed by atoms with Gasteiger partial charge in [-0.05, 0) is 38.5 Å². The Balaban J connectivity index is 3.03. The van der Waals surface area contributed by atoms with Crippen LogP contribution < -0.4 is 4.72 Å². The highest BCUT2D eigenvalue weighted by molar-refractivity contribution is 9.09. The molecule has 0 aliphatic carbocycles. The zero-order valence-electron chi connectivity index (χ0n) is 10.0. The van der Waals surface area contributed by atoms with E-state index in [0.717, 1.165) is 0 Å². The Hall–Kier alpha value is 0.190. The summed E-state index contributed by atoms with van der Waals surface area (Å²) >= 11 is 14.9. The quantitative estimate of drug-likeness (QED) is 0.796. The van der Waals surface area contributed by atoms with Crippen LogP contribution in [0.25, 0.3) is 0 Å². The second-order valence-corrected chi connectivity index (χ2v) is 7.79. The van der Waals surface area contributed by atoms with Gasteiger partial charge in [-0.3, -0.25) is 0 Å². The highest BCUT2D eigenvalue weighted by Gasteiger charge is 2.25. The number of alkyl halides is 1. The summed E-state index contributed by atoms with van der Waals surface area (Å²) in [5.41, 5.74) is -0.533. The molecule has 0 saturated carbocycles. The summed E-state index contributed by atoms with van der Waals surface area (Å²) < 4.78 is 27.0. The van der Waals surface area contributed by atoms with Gasteiger partial charge in [-0.25, -0.2) is 13.1 Å². The van der Waals surface area contributed by atoms with E-state index >= 15 is 0 Å². The first-order valence-corrected chi connectivity index (χ1v) is 8.59. The van der Waals surface area contributed by atoms with Crippen molar-refractivity contribution in [1.82, 2.24) is 4.72 Å². The van der Waals surface area contributed by atoms with Crippen molar-refractivity contribution >= 4 is 49.2 Å². The maximum atomic E-state index is 12.2. The third kappa shape index (κ3) is 4.38. The molecule has 0 radical (unpaired) electrons. The minimum atomic E-state index is -3.59. The van der Waals surface area contributed by atoms with Crippen molar-refractivity contribution in [3.05, 3.63) is 28.2 Å². The summed E-state index contributed by atoms with van der Waals surface area (Å²) in [4.78, 5) is 0.111. The highest BCUT2D eigenvalue weighted by atomic mass is 79.9. The van der Waals surface area contributed by atoms with E-state index in [1.54, 1.807) is 0 Å². The molecule has 0 heterocycles. The smallest absolute Gasteiger partial charge is 0.207 e. The Morgan fingerprint density at radius 2 is 1.89 bits per heavy atom. The van der Waals surface area contributed by atoms with Crippen molar-refractivity contribution in [1.29, 1.82) is 0 Å². The lowest BCUT2D eigenvalue weighted by Crippen LogP contribution is -2.43. The van der Waals surface area contributed by atoms with Crippen LogP contribution in [0.3, 0.4) is 0 Å². The molecule has 102 valence electrons. The normalized spacial score (nSPS) is 12.7. The van der Waals surface area contributed by atoms with E-state index in [1.165, 1.54) is 18.2 Å². The van der Waals surface area contributed by atoms with Gasteiger partial charge in [0.05, 0.1) is 14.9 Å². The summed E-state index contributed by atoms with van der Waals surface area (Å²) in [6.45, 7) is 3.65. The average molecular weight is 375 g/mol. The van der Waals surface area contributed by atoms with Gasteiger partial charge in [0.15, 0.2) is 0 Å². The summed E-state index contributed by atoms with van der Waals surface area (Å²) in [7, 11) is -3.59. The Labute approximate surface area is 126 Å². The fraction of sp³-hybridized carbons (Fsp3) is 0.455. The van der Waals surface area contributed by atoms with Crippen LogP contribution in [0.1, 0.15) is 20.3 Å². The molecule has 0 saturated heterocycles. The van der Waals surface area contributed by atoms with Crippen molar-refractivity contribution in [3.8, 4) is 0 Å². The predicted molar refractivity (Wildman–Crippen MR) is 79.3 cm³/mol. The molecule has 1 rings (SSSR count). The maximum Gasteiger partial charge on any atom is 0.241 e. The molecule has 0 atom stereocenters. The van der Waals surface area contributed by atoms with Gasteiger partial charge in [0.1, 0.15) is 0 Å². The molecule has 0 aliphatic rings. The molecule has 1 aromatic rings. The van der Waals surface area contributed by atoms with Gasteiger partial charge in [0, 0.05) is 10.9 Å². The van der Waals surface area contributed by atoms with E-state index in [4.69, 9.17) is 23.2 Å². The maximum absolute atomic E-state index is 12.2. The third-order valence-corrected chi connectivity index (χ3v) is 5.16. The third-order valence-electron chi connectivity index (χ3n) is 2.33. The molecule has 0 fully saturated rings. The number of nitrogens with one attached hydrogen (secondary N) is 1. The first-order chi connectivity index (χ1) is 8.18. The van der Waals surface area contributed by atoms with Gasteiger partial charge in [-0.2, -0.15) is 0 Å². The van der Waals surface area contributed by atoms with E-state index in [2.05, 4.69) is 20.7 Å². The lowest BCUT2D eigenvalue weighted by Gasteiger charge is -2.25. The second-order valence-electron chi connectivity index (χ2n) is 4.50. The summed E-state index contributed by atoms with van der Waals surface area (Å²) in [6, 6.07) is 4.24. The minimum Gasteiger partial charge on any atom is -0.207 e. The molecule has 0 bridgehead atoms. The minimum absolute atomic E-state index is 0.111. The fourth-order valence-electron chi connectivity index (χ4n) is 1.35. The molecule has 0 unspecified atom stereocenters. The summed E-state index contributed by atoms with van der Waals surface area (Å²) in [5, 5.41) is 1.26. The van der Waals surface area contributed by atoms with Crippen LogP contribution in [-0.2, 0) is 10.0 Å². The van der Waals surface area contributed by atoms with Crippen LogP contribution in [0, 0.1) is 0 Å². The zero-order chi connectivity index (χ0) is 14.0. The van der Waals surface area contributed by atoms with Crippen molar-refractivity contribution < 1.29 is 8.42 Å². The van der Waals surface area contributed by atoms with Crippen molar-refractivity contribution in [3.63, 3.8) is 0 Å². The monoisotopic (exact) mass is 373 g/mol. The van der Waals surface area contributed by atoms with Crippen LogP contribution in [-0.4, -0.2) is 19.3 Å². The van der Waals surface area contributed by atoms with Crippen LogP contribution in [0.2, 0.25) is 10.0 Å². The van der Waals surface area contributed by atoms with Crippen LogP contribution in [0.15, 0.2) is 23.1 Å². The van der Waals surface area contributed by atoms with Crippen LogP contribution >= 0.6 is 39.1 Å². The zero-order valence-corrected chi connectivity index (χ0v) is 13.9. The Morgan fingerprint density at radius 3 is 2.39 bits per heavy atom. The van der Waals surface area contributed by atoms with Gasteiger partial charge in [-0.1, -0.05) is 39.1 Å². The largest absolute Gasteiger partial charge is 0.241 e. The van der Waals surface area contributed by atoms with E-state index in [0.29, 0.717) is 16.8 Å². The van der Waals surface area contributed by atoms with Gasteiger partial charge >= 0.3 is 0 Å². The number of benzene rings is 1. The number of hydrogen-bond donors (Lipinski definition) is 1. The summed E-state index contributed by atoms with van der Waals surface area (Å²) in [5.74, 6) is 0. The van der Waals surface area contributed by atoms with Gasteiger partial charge < -0.3 is 0 Å². The van der Waals surface area contributed by atoms with Gasteiger partial charge in [0.25, 0.3) is 0 Å². The molecule has 0 amide bonds. The fourth-order valence-corrected chi connectivity index (χ4v) is 4.18. The van der Waals surface area contributed by atoms with E-state index in [1.807, 2.05) is 13.8 Å². The summed E-state index contributed by atoms with van der Waals surface area (Å²) in [6.07, 6.45) is 0.674. The molecular weight excluding hydrogens is 361 g/mol. The van der Waals surface area contributed by atoms with Crippen molar-refractivity contribution in [2.45, 2.75) is 30.7 Å². The molecule has 3 nitrogen and oxygen atoms in total. The second kappa shape index (κ2) is 6.09. The number of hydrogen-bond acceptors (Lipinski definition) is 2. The topological polar surface area (TPSA) is 46.2 Å². The molecule has 0 aliphatic heterocycles. The lowest BCUT2D eigenvalue weighted by atomic mass is 10.0. The van der Waals surface area contributed by atoms with Gasteiger partial charge in [0.2, 0.25) is 10.0 Å². The SMILES string of the molecule is CC(C)(CCBr)NS(=O)(=O)c1ccc(Cl)c(Cl)c1. The molecular formula is C11H14BrCl2NO2S. The lowest BCUT2D eigenvalue weighted by molar-refractivity contribution is 0.443.